The minimum absolute atomic E-state index is 0.477. The molecule has 0 bridgehead atoms. The van der Waals surface area contributed by atoms with Crippen LogP contribution >= 0.6 is 11.3 Å². The maximum Gasteiger partial charge on any atom is 0.345 e. The van der Waals surface area contributed by atoms with Crippen molar-refractivity contribution in [2.75, 3.05) is 0 Å². The largest absolute Gasteiger partial charge is 0.477 e. The van der Waals surface area contributed by atoms with E-state index in [1.165, 1.54) is 49.0 Å². The second-order valence-corrected chi connectivity index (χ2v) is 4.80. The van der Waals surface area contributed by atoms with E-state index in [-0.39, 0.29) is 0 Å². The zero-order chi connectivity index (χ0) is 9.97. The molecule has 0 unspecified atom stereocenters. The van der Waals surface area contributed by atoms with Crippen molar-refractivity contribution in [2.45, 2.75) is 38.0 Å². The number of rotatable bonds is 2. The third kappa shape index (κ3) is 1.98. The average molecular weight is 210 g/mol. The molecule has 0 spiro atoms. The highest BCUT2D eigenvalue weighted by atomic mass is 32.1. The lowest BCUT2D eigenvalue weighted by molar-refractivity contribution is 0.0702. The number of carbonyl (C=O) groups is 1. The molecule has 0 atom stereocenters. The van der Waals surface area contributed by atoms with Crippen LogP contribution in [-0.4, -0.2) is 11.1 Å². The molecule has 1 aliphatic rings. The van der Waals surface area contributed by atoms with Crippen LogP contribution in [0.5, 0.6) is 0 Å². The van der Waals surface area contributed by atoms with Gasteiger partial charge in [0.05, 0.1) is 0 Å². The van der Waals surface area contributed by atoms with E-state index in [9.17, 15) is 4.79 Å². The molecule has 0 saturated heterocycles. The van der Waals surface area contributed by atoms with Crippen molar-refractivity contribution in [3.8, 4) is 0 Å². The van der Waals surface area contributed by atoms with Crippen molar-refractivity contribution < 1.29 is 9.90 Å². The predicted octanol–water partition coefficient (Wildman–Crippen LogP) is 3.49. The summed E-state index contributed by atoms with van der Waals surface area (Å²) in [6.45, 7) is 0. The van der Waals surface area contributed by atoms with E-state index in [1.54, 1.807) is 0 Å². The highest BCUT2D eigenvalue weighted by Crippen LogP contribution is 2.34. The van der Waals surface area contributed by atoms with Gasteiger partial charge in [-0.25, -0.2) is 4.79 Å². The Morgan fingerprint density at radius 3 is 2.64 bits per heavy atom. The smallest absolute Gasteiger partial charge is 0.345 e. The molecule has 1 saturated carbocycles. The van der Waals surface area contributed by atoms with Crippen LogP contribution in [0.15, 0.2) is 11.4 Å². The lowest BCUT2D eigenvalue weighted by atomic mass is 9.85. The molecule has 0 aromatic carbocycles. The van der Waals surface area contributed by atoms with E-state index >= 15 is 0 Å². The first-order valence-corrected chi connectivity index (χ1v) is 5.97. The summed E-state index contributed by atoms with van der Waals surface area (Å²) in [5, 5.41) is 10.8. The summed E-state index contributed by atoms with van der Waals surface area (Å²) in [5.74, 6) is -0.176. The summed E-state index contributed by atoms with van der Waals surface area (Å²) < 4.78 is 0. The van der Waals surface area contributed by atoms with Crippen LogP contribution < -0.4 is 0 Å². The minimum Gasteiger partial charge on any atom is -0.477 e. The van der Waals surface area contributed by atoms with E-state index in [0.717, 1.165) is 0 Å². The molecule has 1 heterocycles. The highest BCUT2D eigenvalue weighted by Gasteiger charge is 2.18. The molecule has 76 valence electrons. The minimum atomic E-state index is -0.794. The van der Waals surface area contributed by atoms with Gasteiger partial charge in [-0.05, 0) is 35.8 Å². The first-order chi connectivity index (χ1) is 6.77. The van der Waals surface area contributed by atoms with Crippen LogP contribution in [0.3, 0.4) is 0 Å². The molecule has 0 amide bonds. The second kappa shape index (κ2) is 4.13. The van der Waals surface area contributed by atoms with Gasteiger partial charge < -0.3 is 5.11 Å². The zero-order valence-electron chi connectivity index (χ0n) is 8.03. The van der Waals surface area contributed by atoms with Gasteiger partial charge >= 0.3 is 5.97 Å². The Kier molecular flexibility index (Phi) is 2.87. The average Bonchev–Trinajstić information content (AvgIpc) is 2.68. The standard InChI is InChI=1S/C11H14O2S/c12-11(13)10-6-9(7-14-10)8-4-2-1-3-5-8/h6-8H,1-5H2,(H,12,13). The fraction of sp³-hybridized carbons (Fsp3) is 0.545. The van der Waals surface area contributed by atoms with Gasteiger partial charge in [0.1, 0.15) is 4.88 Å². The fourth-order valence-electron chi connectivity index (χ4n) is 2.11. The van der Waals surface area contributed by atoms with E-state index < -0.39 is 5.97 Å². The van der Waals surface area contributed by atoms with Crippen molar-refractivity contribution in [3.63, 3.8) is 0 Å². The second-order valence-electron chi connectivity index (χ2n) is 3.88. The molecule has 1 N–H and O–H groups in total. The SMILES string of the molecule is O=C(O)c1cc(C2CCCCC2)cs1. The summed E-state index contributed by atoms with van der Waals surface area (Å²) in [6.07, 6.45) is 6.39. The Bertz CT molecular complexity index is 324. The number of aromatic carboxylic acids is 1. The van der Waals surface area contributed by atoms with Gasteiger partial charge in [-0.1, -0.05) is 19.3 Å². The number of hydrogen-bond acceptors (Lipinski definition) is 2. The first kappa shape index (κ1) is 9.71. The Labute approximate surface area is 87.6 Å². The van der Waals surface area contributed by atoms with Gasteiger partial charge in [-0.3, -0.25) is 0 Å². The Morgan fingerprint density at radius 2 is 2.07 bits per heavy atom. The molecule has 1 aromatic rings. The molecular weight excluding hydrogens is 196 g/mol. The third-order valence-electron chi connectivity index (χ3n) is 2.91. The van der Waals surface area contributed by atoms with E-state index in [0.29, 0.717) is 10.8 Å². The monoisotopic (exact) mass is 210 g/mol. The molecular formula is C11H14O2S. The van der Waals surface area contributed by atoms with Crippen molar-refractivity contribution in [2.24, 2.45) is 0 Å². The quantitative estimate of drug-likeness (QED) is 0.811. The molecule has 1 aromatic heterocycles. The number of hydrogen-bond donors (Lipinski definition) is 1. The summed E-state index contributed by atoms with van der Waals surface area (Å²) >= 11 is 1.35. The maximum atomic E-state index is 10.7. The summed E-state index contributed by atoms with van der Waals surface area (Å²) in [4.78, 5) is 11.2. The van der Waals surface area contributed by atoms with Crippen molar-refractivity contribution in [3.05, 3.63) is 21.9 Å². The van der Waals surface area contributed by atoms with Crippen LogP contribution in [0.25, 0.3) is 0 Å². The van der Waals surface area contributed by atoms with E-state index in [2.05, 4.69) is 0 Å². The normalized spacial score (nSPS) is 18.3. The molecule has 1 fully saturated rings. The van der Waals surface area contributed by atoms with Gasteiger partial charge in [-0.15, -0.1) is 11.3 Å². The molecule has 2 nitrogen and oxygen atoms in total. The van der Waals surface area contributed by atoms with E-state index in [4.69, 9.17) is 5.11 Å². The predicted molar refractivity (Wildman–Crippen MR) is 57.1 cm³/mol. The molecule has 2 rings (SSSR count). The van der Waals surface area contributed by atoms with Crippen LogP contribution in [-0.2, 0) is 0 Å². The van der Waals surface area contributed by atoms with Crippen molar-refractivity contribution in [1.82, 2.24) is 0 Å². The lowest BCUT2D eigenvalue weighted by Crippen LogP contribution is -2.03. The van der Waals surface area contributed by atoms with Gasteiger partial charge in [-0.2, -0.15) is 0 Å². The molecule has 0 radical (unpaired) electrons. The molecule has 3 heteroatoms. The summed E-state index contributed by atoms with van der Waals surface area (Å²) in [5.41, 5.74) is 1.24. The molecule has 14 heavy (non-hydrogen) atoms. The summed E-state index contributed by atoms with van der Waals surface area (Å²) in [6, 6.07) is 1.85. The van der Waals surface area contributed by atoms with Gasteiger partial charge in [0.25, 0.3) is 0 Å². The van der Waals surface area contributed by atoms with Crippen LogP contribution in [0.2, 0.25) is 0 Å². The van der Waals surface area contributed by atoms with Gasteiger partial charge in [0.2, 0.25) is 0 Å². The molecule has 1 aliphatic carbocycles. The Hall–Kier alpha value is -0.830. The van der Waals surface area contributed by atoms with Crippen LogP contribution in [0.1, 0.15) is 53.3 Å². The highest BCUT2D eigenvalue weighted by molar-refractivity contribution is 7.12. The lowest BCUT2D eigenvalue weighted by Gasteiger charge is -2.20. The number of carboxylic acids is 1. The Morgan fingerprint density at radius 1 is 1.36 bits per heavy atom. The van der Waals surface area contributed by atoms with Crippen molar-refractivity contribution >= 4 is 17.3 Å². The zero-order valence-corrected chi connectivity index (χ0v) is 8.85. The van der Waals surface area contributed by atoms with Crippen LogP contribution in [0, 0.1) is 0 Å². The van der Waals surface area contributed by atoms with E-state index in [1.807, 2.05) is 11.4 Å². The number of thiophene rings is 1. The Balaban J connectivity index is 2.11. The number of carboxylic acid groups (broad SMARTS) is 1. The van der Waals surface area contributed by atoms with Crippen molar-refractivity contribution in [1.29, 1.82) is 0 Å². The molecule has 0 aliphatic heterocycles. The summed E-state index contributed by atoms with van der Waals surface area (Å²) in [7, 11) is 0. The fourth-order valence-corrected chi connectivity index (χ4v) is 2.94. The third-order valence-corrected chi connectivity index (χ3v) is 3.84. The maximum absolute atomic E-state index is 10.7. The van der Waals surface area contributed by atoms with Gasteiger partial charge in [0, 0.05) is 0 Å². The first-order valence-electron chi connectivity index (χ1n) is 5.09. The topological polar surface area (TPSA) is 37.3 Å². The van der Waals surface area contributed by atoms with Gasteiger partial charge in [0.15, 0.2) is 0 Å². The van der Waals surface area contributed by atoms with Crippen LogP contribution in [0.4, 0.5) is 0 Å².